The lowest BCUT2D eigenvalue weighted by molar-refractivity contribution is 0.102. The first-order valence-corrected chi connectivity index (χ1v) is 8.19. The van der Waals surface area contributed by atoms with Gasteiger partial charge in [0, 0.05) is 13.1 Å². The minimum Gasteiger partial charge on any atom is -0.378 e. The van der Waals surface area contributed by atoms with Crippen LogP contribution < -0.4 is 10.2 Å². The van der Waals surface area contributed by atoms with Crippen LogP contribution in [-0.2, 0) is 4.74 Å². The van der Waals surface area contributed by atoms with Crippen molar-refractivity contribution in [3.8, 4) is 5.82 Å². The van der Waals surface area contributed by atoms with Gasteiger partial charge in [-0.25, -0.2) is 14.4 Å². The Bertz CT molecular complexity index is 943. The van der Waals surface area contributed by atoms with Crippen LogP contribution in [0.3, 0.4) is 0 Å². The van der Waals surface area contributed by atoms with E-state index in [4.69, 9.17) is 4.74 Å². The Labute approximate surface area is 153 Å². The molecule has 0 unspecified atom stereocenters. The minimum atomic E-state index is -0.727. The van der Waals surface area contributed by atoms with Crippen molar-refractivity contribution in [1.82, 2.24) is 29.7 Å². The van der Waals surface area contributed by atoms with E-state index in [2.05, 4.69) is 30.5 Å². The number of halogens is 1. The van der Waals surface area contributed by atoms with Crippen LogP contribution in [0.25, 0.3) is 5.82 Å². The lowest BCUT2D eigenvalue weighted by Gasteiger charge is -2.26. The Morgan fingerprint density at radius 1 is 1.15 bits per heavy atom. The van der Waals surface area contributed by atoms with E-state index in [1.807, 2.05) is 4.90 Å². The summed E-state index contributed by atoms with van der Waals surface area (Å²) in [7, 11) is 0. The van der Waals surface area contributed by atoms with Gasteiger partial charge in [0.15, 0.2) is 11.6 Å². The number of nitrogens with zero attached hydrogens (tertiary/aromatic N) is 7. The number of amides is 1. The minimum absolute atomic E-state index is 0.104. The zero-order valence-electron chi connectivity index (χ0n) is 14.1. The lowest BCUT2D eigenvalue weighted by atomic mass is 10.3. The molecule has 3 aromatic rings. The van der Waals surface area contributed by atoms with Gasteiger partial charge >= 0.3 is 0 Å². The number of carbonyl (C=O) groups excluding carboxylic acids is 1. The molecule has 0 radical (unpaired) electrons. The molecule has 1 fully saturated rings. The second-order valence-electron chi connectivity index (χ2n) is 5.67. The van der Waals surface area contributed by atoms with E-state index in [-0.39, 0.29) is 11.5 Å². The second kappa shape index (κ2) is 7.41. The third-order valence-corrected chi connectivity index (χ3v) is 3.91. The summed E-state index contributed by atoms with van der Waals surface area (Å²) in [5.74, 6) is -0.718. The maximum atomic E-state index is 14.1. The number of hydrogen-bond donors (Lipinski definition) is 1. The lowest BCUT2D eigenvalue weighted by Crippen LogP contribution is -2.37. The molecular formula is C16H15FN8O2. The summed E-state index contributed by atoms with van der Waals surface area (Å²) < 4.78 is 20.9. The molecule has 1 aliphatic heterocycles. The Morgan fingerprint density at radius 3 is 2.70 bits per heavy atom. The molecule has 10 nitrogen and oxygen atoms in total. The number of rotatable bonds is 4. The largest absolute Gasteiger partial charge is 0.378 e. The summed E-state index contributed by atoms with van der Waals surface area (Å²) in [4.78, 5) is 26.7. The van der Waals surface area contributed by atoms with E-state index in [0.29, 0.717) is 38.1 Å². The van der Waals surface area contributed by atoms with Crippen molar-refractivity contribution in [1.29, 1.82) is 0 Å². The summed E-state index contributed by atoms with van der Waals surface area (Å²) in [6.07, 6.45) is 3.96. The SMILES string of the molecule is O=C(Nc1nc(N2CCOCC2)ncc1F)c1cccc(-n2cnnc2)n1. The van der Waals surface area contributed by atoms with E-state index < -0.39 is 11.7 Å². The predicted molar refractivity (Wildman–Crippen MR) is 92.1 cm³/mol. The third kappa shape index (κ3) is 3.72. The molecule has 1 aliphatic rings. The maximum absolute atomic E-state index is 14.1. The van der Waals surface area contributed by atoms with E-state index in [1.54, 1.807) is 16.7 Å². The number of morpholine rings is 1. The molecule has 1 amide bonds. The summed E-state index contributed by atoms with van der Waals surface area (Å²) in [5.41, 5.74) is 0.104. The highest BCUT2D eigenvalue weighted by Gasteiger charge is 2.18. The molecule has 0 saturated carbocycles. The van der Waals surface area contributed by atoms with Crippen LogP contribution in [-0.4, -0.2) is 61.9 Å². The van der Waals surface area contributed by atoms with Crippen molar-refractivity contribution in [3.05, 3.63) is 48.6 Å². The number of carbonyl (C=O) groups is 1. The number of anilines is 2. The smallest absolute Gasteiger partial charge is 0.275 e. The first-order chi connectivity index (χ1) is 13.2. The molecule has 11 heteroatoms. The third-order valence-electron chi connectivity index (χ3n) is 3.91. The van der Waals surface area contributed by atoms with E-state index in [9.17, 15) is 9.18 Å². The number of aromatic nitrogens is 6. The van der Waals surface area contributed by atoms with Crippen molar-refractivity contribution in [2.45, 2.75) is 0 Å². The molecule has 138 valence electrons. The van der Waals surface area contributed by atoms with Crippen LogP contribution in [0, 0.1) is 5.82 Å². The Balaban J connectivity index is 1.55. The van der Waals surface area contributed by atoms with Gasteiger partial charge in [-0.05, 0) is 12.1 Å². The molecule has 27 heavy (non-hydrogen) atoms. The van der Waals surface area contributed by atoms with Crippen LogP contribution in [0.2, 0.25) is 0 Å². The molecule has 4 heterocycles. The standard InChI is InChI=1S/C16H15FN8O2/c17-11-8-18-16(24-4-6-27-7-5-24)23-14(11)22-15(26)12-2-1-3-13(21-12)25-9-19-20-10-25/h1-3,8-10H,4-7H2,(H,18,22,23,26). The van der Waals surface area contributed by atoms with Gasteiger partial charge in [0.1, 0.15) is 24.2 Å². The molecular weight excluding hydrogens is 355 g/mol. The van der Waals surface area contributed by atoms with Gasteiger partial charge in [0.2, 0.25) is 5.95 Å². The van der Waals surface area contributed by atoms with Crippen LogP contribution >= 0.6 is 0 Å². The zero-order valence-corrected chi connectivity index (χ0v) is 14.1. The fourth-order valence-corrected chi connectivity index (χ4v) is 2.55. The van der Waals surface area contributed by atoms with Crippen molar-refractivity contribution in [2.24, 2.45) is 0 Å². The quantitative estimate of drug-likeness (QED) is 0.714. The van der Waals surface area contributed by atoms with Crippen molar-refractivity contribution in [3.63, 3.8) is 0 Å². The maximum Gasteiger partial charge on any atom is 0.275 e. The Hall–Kier alpha value is -3.47. The highest BCUT2D eigenvalue weighted by atomic mass is 19.1. The van der Waals surface area contributed by atoms with Crippen molar-refractivity contribution in [2.75, 3.05) is 36.5 Å². The molecule has 3 aromatic heterocycles. The van der Waals surface area contributed by atoms with Gasteiger partial charge in [0.05, 0.1) is 19.4 Å². The predicted octanol–water partition coefficient (Wildman–Crippen LogP) is 0.680. The summed E-state index contributed by atoms with van der Waals surface area (Å²) in [5, 5.41) is 9.85. The average Bonchev–Trinajstić information content (AvgIpc) is 3.25. The van der Waals surface area contributed by atoms with E-state index in [0.717, 1.165) is 6.20 Å². The molecule has 0 bridgehead atoms. The molecule has 0 aliphatic carbocycles. The van der Waals surface area contributed by atoms with Crippen molar-refractivity contribution < 1.29 is 13.9 Å². The van der Waals surface area contributed by atoms with Gasteiger partial charge in [-0.15, -0.1) is 10.2 Å². The van der Waals surface area contributed by atoms with Crippen molar-refractivity contribution >= 4 is 17.7 Å². The Morgan fingerprint density at radius 2 is 1.93 bits per heavy atom. The fraction of sp³-hybridized carbons (Fsp3) is 0.250. The second-order valence-corrected chi connectivity index (χ2v) is 5.67. The molecule has 0 spiro atoms. The Kier molecular flexibility index (Phi) is 4.66. The number of hydrogen-bond acceptors (Lipinski definition) is 8. The zero-order chi connectivity index (χ0) is 18.6. The fourth-order valence-electron chi connectivity index (χ4n) is 2.55. The highest BCUT2D eigenvalue weighted by molar-refractivity contribution is 6.02. The van der Waals surface area contributed by atoms with Gasteiger partial charge in [-0.2, -0.15) is 4.98 Å². The molecule has 1 N–H and O–H groups in total. The number of ether oxygens (including phenoxy) is 1. The number of pyridine rings is 1. The summed E-state index contributed by atoms with van der Waals surface area (Å²) in [6.45, 7) is 2.29. The topological polar surface area (TPSA) is 111 Å². The monoisotopic (exact) mass is 370 g/mol. The van der Waals surface area contributed by atoms with Crippen LogP contribution in [0.15, 0.2) is 37.1 Å². The van der Waals surface area contributed by atoms with Gasteiger partial charge in [-0.3, -0.25) is 9.36 Å². The van der Waals surface area contributed by atoms with E-state index in [1.165, 1.54) is 18.7 Å². The van der Waals surface area contributed by atoms with Crippen LogP contribution in [0.1, 0.15) is 10.5 Å². The van der Waals surface area contributed by atoms with Gasteiger partial charge in [0.25, 0.3) is 5.91 Å². The molecule has 0 atom stereocenters. The van der Waals surface area contributed by atoms with Crippen LogP contribution in [0.4, 0.5) is 16.2 Å². The first kappa shape index (κ1) is 17.0. The normalized spacial score (nSPS) is 14.2. The average molecular weight is 370 g/mol. The number of nitrogens with one attached hydrogen (secondary N) is 1. The molecule has 4 rings (SSSR count). The molecule has 0 aromatic carbocycles. The molecule has 1 saturated heterocycles. The summed E-state index contributed by atoms with van der Waals surface area (Å²) >= 11 is 0. The van der Waals surface area contributed by atoms with Gasteiger partial charge in [-0.1, -0.05) is 6.07 Å². The highest BCUT2D eigenvalue weighted by Crippen LogP contribution is 2.17. The van der Waals surface area contributed by atoms with Crippen LogP contribution in [0.5, 0.6) is 0 Å². The first-order valence-electron chi connectivity index (χ1n) is 8.19. The van der Waals surface area contributed by atoms with Gasteiger partial charge < -0.3 is 15.0 Å². The van der Waals surface area contributed by atoms with E-state index >= 15 is 0 Å². The summed E-state index contributed by atoms with van der Waals surface area (Å²) in [6, 6.07) is 4.87.